The summed E-state index contributed by atoms with van der Waals surface area (Å²) in [6.45, 7) is -0.442. The summed E-state index contributed by atoms with van der Waals surface area (Å²) in [4.78, 5) is 24.4. The SMILES string of the molecule is COc1ccccc1C(=O)COC(=O)c1ccc(S(=O)(=O)NC2CC2)cc1. The van der Waals surface area contributed by atoms with E-state index < -0.39 is 28.4 Å². The summed E-state index contributed by atoms with van der Waals surface area (Å²) in [5.41, 5.74) is 0.480. The zero-order valence-corrected chi connectivity index (χ0v) is 15.5. The summed E-state index contributed by atoms with van der Waals surface area (Å²) in [6.07, 6.45) is 1.67. The Labute approximate surface area is 157 Å². The van der Waals surface area contributed by atoms with Gasteiger partial charge in [0.25, 0.3) is 0 Å². The van der Waals surface area contributed by atoms with E-state index in [1.165, 1.54) is 31.4 Å². The van der Waals surface area contributed by atoms with E-state index in [9.17, 15) is 18.0 Å². The molecule has 8 heteroatoms. The van der Waals surface area contributed by atoms with E-state index in [4.69, 9.17) is 9.47 Å². The first-order valence-electron chi connectivity index (χ1n) is 8.36. The van der Waals surface area contributed by atoms with Crippen molar-refractivity contribution >= 4 is 21.8 Å². The van der Waals surface area contributed by atoms with Gasteiger partial charge in [-0.25, -0.2) is 17.9 Å². The molecule has 0 heterocycles. The molecule has 7 nitrogen and oxygen atoms in total. The molecule has 2 aromatic rings. The van der Waals surface area contributed by atoms with Gasteiger partial charge in [0.05, 0.1) is 23.1 Å². The maximum atomic E-state index is 12.2. The first kappa shape index (κ1) is 19.1. The molecule has 0 atom stereocenters. The number of carbonyl (C=O) groups excluding carboxylic acids is 2. The number of para-hydroxylation sites is 1. The van der Waals surface area contributed by atoms with Gasteiger partial charge in [0.1, 0.15) is 5.75 Å². The van der Waals surface area contributed by atoms with Crippen molar-refractivity contribution in [3.63, 3.8) is 0 Å². The molecule has 1 aliphatic rings. The number of Topliss-reactive ketones (excluding diaryl/α,β-unsaturated/α-hetero) is 1. The number of esters is 1. The summed E-state index contributed by atoms with van der Waals surface area (Å²) in [7, 11) is -2.13. The molecule has 1 aliphatic carbocycles. The fraction of sp³-hybridized carbons (Fsp3) is 0.263. The van der Waals surface area contributed by atoms with Gasteiger partial charge in [-0.1, -0.05) is 12.1 Å². The number of sulfonamides is 1. The van der Waals surface area contributed by atoms with E-state index in [2.05, 4.69) is 4.72 Å². The van der Waals surface area contributed by atoms with Gasteiger partial charge in [-0.3, -0.25) is 4.79 Å². The summed E-state index contributed by atoms with van der Waals surface area (Å²) >= 11 is 0. The Morgan fingerprint density at radius 1 is 1.07 bits per heavy atom. The zero-order valence-electron chi connectivity index (χ0n) is 14.7. The van der Waals surface area contributed by atoms with Crippen molar-refractivity contribution in [2.75, 3.05) is 13.7 Å². The van der Waals surface area contributed by atoms with Crippen LogP contribution in [0.25, 0.3) is 0 Å². The lowest BCUT2D eigenvalue weighted by Gasteiger charge is -2.09. The highest BCUT2D eigenvalue weighted by Gasteiger charge is 2.28. The first-order chi connectivity index (χ1) is 12.9. The van der Waals surface area contributed by atoms with Crippen LogP contribution in [0, 0.1) is 0 Å². The van der Waals surface area contributed by atoms with Crippen LogP contribution >= 0.6 is 0 Å². The second-order valence-corrected chi connectivity index (χ2v) is 7.83. The fourth-order valence-electron chi connectivity index (χ4n) is 2.43. The molecule has 27 heavy (non-hydrogen) atoms. The van der Waals surface area contributed by atoms with Crippen molar-refractivity contribution in [3.8, 4) is 5.75 Å². The Morgan fingerprint density at radius 3 is 2.37 bits per heavy atom. The molecule has 0 unspecified atom stereocenters. The van der Waals surface area contributed by atoms with Crippen molar-refractivity contribution in [2.45, 2.75) is 23.8 Å². The maximum Gasteiger partial charge on any atom is 0.338 e. The average molecular weight is 389 g/mol. The minimum atomic E-state index is -3.58. The summed E-state index contributed by atoms with van der Waals surface area (Å²) in [5.74, 6) is -0.706. The van der Waals surface area contributed by atoms with E-state index in [1.807, 2.05) is 0 Å². The highest BCUT2D eigenvalue weighted by Crippen LogP contribution is 2.22. The van der Waals surface area contributed by atoms with Gasteiger partial charge in [0, 0.05) is 6.04 Å². The standard InChI is InChI=1S/C19H19NO6S/c1-25-18-5-3-2-4-16(18)17(21)12-26-19(22)13-6-10-15(11-7-13)27(23,24)20-14-8-9-14/h2-7,10-11,14,20H,8-9,12H2,1H3. The smallest absolute Gasteiger partial charge is 0.338 e. The van der Waals surface area contributed by atoms with Crippen LogP contribution in [0.2, 0.25) is 0 Å². The van der Waals surface area contributed by atoms with E-state index >= 15 is 0 Å². The Bertz CT molecular complexity index is 948. The van der Waals surface area contributed by atoms with Crippen molar-refractivity contribution < 1.29 is 27.5 Å². The molecule has 0 aromatic heterocycles. The van der Waals surface area contributed by atoms with Gasteiger partial charge in [-0.2, -0.15) is 0 Å². The molecule has 0 radical (unpaired) electrons. The van der Waals surface area contributed by atoms with E-state index in [0.717, 1.165) is 12.8 Å². The monoisotopic (exact) mass is 389 g/mol. The second-order valence-electron chi connectivity index (χ2n) is 6.12. The van der Waals surface area contributed by atoms with Gasteiger partial charge < -0.3 is 9.47 Å². The van der Waals surface area contributed by atoms with Crippen LogP contribution in [0.3, 0.4) is 0 Å². The molecule has 2 aromatic carbocycles. The van der Waals surface area contributed by atoms with E-state index in [1.54, 1.807) is 24.3 Å². The minimum absolute atomic E-state index is 0.000585. The predicted octanol–water partition coefficient (Wildman–Crippen LogP) is 2.18. The number of hydrogen-bond acceptors (Lipinski definition) is 6. The number of carbonyl (C=O) groups is 2. The normalized spacial score (nSPS) is 13.8. The lowest BCUT2D eigenvalue weighted by Crippen LogP contribution is -2.25. The van der Waals surface area contributed by atoms with Crippen molar-refractivity contribution in [1.82, 2.24) is 4.72 Å². The number of rotatable bonds is 8. The number of hydrogen-bond donors (Lipinski definition) is 1. The third-order valence-electron chi connectivity index (χ3n) is 4.04. The molecule has 0 bridgehead atoms. The Morgan fingerprint density at radius 2 is 1.74 bits per heavy atom. The van der Waals surface area contributed by atoms with Crippen LogP contribution < -0.4 is 9.46 Å². The van der Waals surface area contributed by atoms with Gasteiger partial charge in [-0.15, -0.1) is 0 Å². The van der Waals surface area contributed by atoms with Crippen LogP contribution in [0.15, 0.2) is 53.4 Å². The predicted molar refractivity (Wildman–Crippen MR) is 97.4 cm³/mol. The molecule has 0 saturated heterocycles. The van der Waals surface area contributed by atoms with Gasteiger partial charge in [-0.05, 0) is 49.2 Å². The summed E-state index contributed by atoms with van der Waals surface area (Å²) < 4.78 is 36.9. The molecule has 1 saturated carbocycles. The summed E-state index contributed by atoms with van der Waals surface area (Å²) in [6, 6.07) is 12.0. The second kappa shape index (κ2) is 7.89. The number of methoxy groups -OCH3 is 1. The fourth-order valence-corrected chi connectivity index (χ4v) is 3.73. The first-order valence-corrected chi connectivity index (χ1v) is 9.85. The van der Waals surface area contributed by atoms with Crippen molar-refractivity contribution in [3.05, 3.63) is 59.7 Å². The highest BCUT2D eigenvalue weighted by molar-refractivity contribution is 7.89. The zero-order chi connectivity index (χ0) is 19.4. The van der Waals surface area contributed by atoms with E-state index in [-0.39, 0.29) is 16.5 Å². The lowest BCUT2D eigenvalue weighted by molar-refractivity contribution is 0.0474. The van der Waals surface area contributed by atoms with Crippen LogP contribution in [-0.4, -0.2) is 39.9 Å². The topological polar surface area (TPSA) is 98.8 Å². The molecule has 0 spiro atoms. The molecule has 3 rings (SSSR count). The Kier molecular flexibility index (Phi) is 5.57. The molecule has 1 fully saturated rings. The minimum Gasteiger partial charge on any atom is -0.496 e. The summed E-state index contributed by atoms with van der Waals surface area (Å²) in [5, 5.41) is 0. The molecule has 0 amide bonds. The van der Waals surface area contributed by atoms with Gasteiger partial charge in [0.15, 0.2) is 6.61 Å². The Hall–Kier alpha value is -2.71. The third kappa shape index (κ3) is 4.72. The number of nitrogens with one attached hydrogen (secondary N) is 1. The molecule has 142 valence electrons. The van der Waals surface area contributed by atoms with Crippen molar-refractivity contribution in [2.24, 2.45) is 0 Å². The van der Waals surface area contributed by atoms with Crippen LogP contribution in [0.4, 0.5) is 0 Å². The van der Waals surface area contributed by atoms with Crippen molar-refractivity contribution in [1.29, 1.82) is 0 Å². The maximum absolute atomic E-state index is 12.2. The third-order valence-corrected chi connectivity index (χ3v) is 5.58. The highest BCUT2D eigenvalue weighted by atomic mass is 32.2. The molecule has 1 N–H and O–H groups in total. The van der Waals surface area contributed by atoms with Crippen LogP contribution in [0.5, 0.6) is 5.75 Å². The molecular formula is C19H19NO6S. The van der Waals surface area contributed by atoms with E-state index in [0.29, 0.717) is 11.3 Å². The number of ether oxygens (including phenoxy) is 2. The molecular weight excluding hydrogens is 370 g/mol. The lowest BCUT2D eigenvalue weighted by atomic mass is 10.1. The van der Waals surface area contributed by atoms with Crippen LogP contribution in [0.1, 0.15) is 33.6 Å². The number of ketones is 1. The quantitative estimate of drug-likeness (QED) is 0.549. The Balaban J connectivity index is 1.62. The van der Waals surface area contributed by atoms with Gasteiger partial charge in [0.2, 0.25) is 15.8 Å². The largest absolute Gasteiger partial charge is 0.496 e. The van der Waals surface area contributed by atoms with Crippen LogP contribution in [-0.2, 0) is 14.8 Å². The molecule has 0 aliphatic heterocycles. The number of benzene rings is 2. The van der Waals surface area contributed by atoms with Gasteiger partial charge >= 0.3 is 5.97 Å². The average Bonchev–Trinajstić information content (AvgIpc) is 3.49.